The Bertz CT molecular complexity index is 449. The van der Waals surface area contributed by atoms with Crippen molar-refractivity contribution < 1.29 is 9.53 Å². The number of aryl methyl sites for hydroxylation is 1. The van der Waals surface area contributed by atoms with E-state index in [-0.39, 0.29) is 6.09 Å². The normalized spacial score (nSPS) is 11.3. The molecule has 0 aliphatic rings. The van der Waals surface area contributed by atoms with Crippen LogP contribution >= 0.6 is 0 Å². The Morgan fingerprint density at radius 1 is 1.18 bits per heavy atom. The number of carbonyl (C=O) groups is 1. The summed E-state index contributed by atoms with van der Waals surface area (Å²) < 4.78 is 5.44. The molecule has 0 radical (unpaired) electrons. The van der Waals surface area contributed by atoms with E-state index in [1.807, 2.05) is 20.8 Å². The van der Waals surface area contributed by atoms with Crippen LogP contribution in [0.3, 0.4) is 0 Å². The van der Waals surface area contributed by atoms with E-state index < -0.39 is 5.60 Å². The van der Waals surface area contributed by atoms with E-state index in [1.54, 1.807) is 4.90 Å². The average Bonchev–Trinajstić information content (AvgIpc) is 2.42. The SMILES string of the molecule is CCCN(CCNCc1ccc(C)cc1)C(=O)OC(C)(C)C. The van der Waals surface area contributed by atoms with E-state index in [4.69, 9.17) is 4.74 Å². The molecule has 124 valence electrons. The second kappa shape index (κ2) is 8.79. The van der Waals surface area contributed by atoms with Gasteiger partial charge in [0.2, 0.25) is 0 Å². The van der Waals surface area contributed by atoms with Crippen molar-refractivity contribution in [3.05, 3.63) is 35.4 Å². The third kappa shape index (κ3) is 7.46. The molecule has 1 rings (SSSR count). The fourth-order valence-electron chi connectivity index (χ4n) is 2.04. The summed E-state index contributed by atoms with van der Waals surface area (Å²) in [5.41, 5.74) is 2.07. The van der Waals surface area contributed by atoms with Gasteiger partial charge in [-0.1, -0.05) is 36.8 Å². The van der Waals surface area contributed by atoms with E-state index >= 15 is 0 Å². The molecule has 1 amide bonds. The molecule has 0 unspecified atom stereocenters. The van der Waals surface area contributed by atoms with Gasteiger partial charge in [0, 0.05) is 26.2 Å². The maximum atomic E-state index is 12.1. The Labute approximate surface area is 134 Å². The minimum atomic E-state index is -0.446. The van der Waals surface area contributed by atoms with Gasteiger partial charge in [-0.2, -0.15) is 0 Å². The summed E-state index contributed by atoms with van der Waals surface area (Å²) in [6.45, 7) is 12.8. The van der Waals surface area contributed by atoms with Crippen molar-refractivity contribution in [2.75, 3.05) is 19.6 Å². The summed E-state index contributed by atoms with van der Waals surface area (Å²) in [7, 11) is 0. The lowest BCUT2D eigenvalue weighted by Gasteiger charge is -2.27. The Hall–Kier alpha value is -1.55. The van der Waals surface area contributed by atoms with Crippen molar-refractivity contribution in [1.29, 1.82) is 0 Å². The number of hydrogen-bond acceptors (Lipinski definition) is 3. The number of nitrogens with one attached hydrogen (secondary N) is 1. The monoisotopic (exact) mass is 306 g/mol. The first-order valence-corrected chi connectivity index (χ1v) is 8.06. The van der Waals surface area contributed by atoms with E-state index in [0.717, 1.165) is 26.1 Å². The highest BCUT2D eigenvalue weighted by molar-refractivity contribution is 5.68. The molecule has 1 N–H and O–H groups in total. The van der Waals surface area contributed by atoms with Gasteiger partial charge in [-0.3, -0.25) is 0 Å². The number of benzene rings is 1. The maximum absolute atomic E-state index is 12.1. The molecule has 0 atom stereocenters. The minimum absolute atomic E-state index is 0.230. The van der Waals surface area contributed by atoms with Crippen LogP contribution in [0, 0.1) is 6.92 Å². The summed E-state index contributed by atoms with van der Waals surface area (Å²) >= 11 is 0. The van der Waals surface area contributed by atoms with Crippen LogP contribution in [0.15, 0.2) is 24.3 Å². The standard InChI is InChI=1S/C18H30N2O2/c1-6-12-20(17(21)22-18(3,4)5)13-11-19-14-16-9-7-15(2)8-10-16/h7-10,19H,6,11-14H2,1-5H3. The molecule has 0 saturated heterocycles. The number of carbonyl (C=O) groups excluding carboxylic acids is 1. The summed E-state index contributed by atoms with van der Waals surface area (Å²) in [4.78, 5) is 13.9. The summed E-state index contributed by atoms with van der Waals surface area (Å²) in [6.07, 6.45) is 0.698. The zero-order chi connectivity index (χ0) is 16.6. The van der Waals surface area contributed by atoms with Gasteiger partial charge in [0.1, 0.15) is 5.60 Å². The van der Waals surface area contributed by atoms with Gasteiger partial charge in [0.25, 0.3) is 0 Å². The van der Waals surface area contributed by atoms with Gasteiger partial charge >= 0.3 is 6.09 Å². The summed E-state index contributed by atoms with van der Waals surface area (Å²) in [5, 5.41) is 3.38. The molecule has 0 spiro atoms. The van der Waals surface area contributed by atoms with Crippen molar-refractivity contribution in [1.82, 2.24) is 10.2 Å². The highest BCUT2D eigenvalue weighted by Gasteiger charge is 2.21. The Morgan fingerprint density at radius 3 is 2.36 bits per heavy atom. The van der Waals surface area contributed by atoms with Crippen LogP contribution in [0.25, 0.3) is 0 Å². The van der Waals surface area contributed by atoms with Crippen molar-refractivity contribution in [2.24, 2.45) is 0 Å². The molecule has 0 heterocycles. The van der Waals surface area contributed by atoms with Gasteiger partial charge in [0.05, 0.1) is 0 Å². The number of nitrogens with zero attached hydrogens (tertiary/aromatic N) is 1. The zero-order valence-corrected chi connectivity index (χ0v) is 14.6. The molecule has 0 aliphatic heterocycles. The second-order valence-corrected chi connectivity index (χ2v) is 6.63. The highest BCUT2D eigenvalue weighted by atomic mass is 16.6. The van der Waals surface area contributed by atoms with Crippen LogP contribution in [0.1, 0.15) is 45.2 Å². The van der Waals surface area contributed by atoms with E-state index in [0.29, 0.717) is 6.54 Å². The molecule has 1 aromatic rings. The summed E-state index contributed by atoms with van der Waals surface area (Å²) in [6, 6.07) is 8.47. The molecule has 0 saturated carbocycles. The quantitative estimate of drug-likeness (QED) is 0.780. The maximum Gasteiger partial charge on any atom is 0.410 e. The predicted molar refractivity (Wildman–Crippen MR) is 91.0 cm³/mol. The Kier molecular flexibility index (Phi) is 7.39. The molecule has 4 nitrogen and oxygen atoms in total. The van der Waals surface area contributed by atoms with Crippen LogP contribution in [-0.4, -0.2) is 36.2 Å². The lowest BCUT2D eigenvalue weighted by Crippen LogP contribution is -2.40. The van der Waals surface area contributed by atoms with Crippen LogP contribution in [-0.2, 0) is 11.3 Å². The topological polar surface area (TPSA) is 41.6 Å². The van der Waals surface area contributed by atoms with Crippen molar-refractivity contribution in [3.63, 3.8) is 0 Å². The fourth-order valence-corrected chi connectivity index (χ4v) is 2.04. The third-order valence-electron chi connectivity index (χ3n) is 3.15. The molecule has 0 bridgehead atoms. The first-order valence-electron chi connectivity index (χ1n) is 8.06. The lowest BCUT2D eigenvalue weighted by molar-refractivity contribution is 0.0252. The largest absolute Gasteiger partial charge is 0.444 e. The van der Waals surface area contributed by atoms with Crippen LogP contribution in [0.2, 0.25) is 0 Å². The first-order chi connectivity index (χ1) is 10.3. The predicted octanol–water partition coefficient (Wildman–Crippen LogP) is 3.73. The molecule has 4 heteroatoms. The van der Waals surface area contributed by atoms with Gasteiger partial charge in [-0.25, -0.2) is 4.79 Å². The Balaban J connectivity index is 2.37. The molecule has 0 aromatic heterocycles. The van der Waals surface area contributed by atoms with Gasteiger partial charge < -0.3 is 15.0 Å². The number of ether oxygens (including phenoxy) is 1. The first kappa shape index (κ1) is 18.5. The van der Waals surface area contributed by atoms with Gasteiger partial charge in [0.15, 0.2) is 0 Å². The lowest BCUT2D eigenvalue weighted by atomic mass is 10.1. The molecule has 0 fully saturated rings. The second-order valence-electron chi connectivity index (χ2n) is 6.63. The van der Waals surface area contributed by atoms with E-state index in [9.17, 15) is 4.79 Å². The molecular formula is C18H30N2O2. The number of hydrogen-bond donors (Lipinski definition) is 1. The van der Waals surface area contributed by atoms with Gasteiger partial charge in [-0.05, 0) is 39.7 Å². The molecular weight excluding hydrogens is 276 g/mol. The summed E-state index contributed by atoms with van der Waals surface area (Å²) in [5.74, 6) is 0. The van der Waals surface area contributed by atoms with Crippen LogP contribution in [0.4, 0.5) is 4.79 Å². The van der Waals surface area contributed by atoms with Crippen molar-refractivity contribution in [3.8, 4) is 0 Å². The third-order valence-corrected chi connectivity index (χ3v) is 3.15. The Morgan fingerprint density at radius 2 is 1.82 bits per heavy atom. The fraction of sp³-hybridized carbons (Fsp3) is 0.611. The number of rotatable bonds is 7. The van der Waals surface area contributed by atoms with Crippen LogP contribution in [0.5, 0.6) is 0 Å². The number of amides is 1. The highest BCUT2D eigenvalue weighted by Crippen LogP contribution is 2.10. The average molecular weight is 306 g/mol. The minimum Gasteiger partial charge on any atom is -0.444 e. The van der Waals surface area contributed by atoms with Gasteiger partial charge in [-0.15, -0.1) is 0 Å². The van der Waals surface area contributed by atoms with Crippen molar-refractivity contribution in [2.45, 2.75) is 53.2 Å². The smallest absolute Gasteiger partial charge is 0.410 e. The van der Waals surface area contributed by atoms with E-state index in [1.165, 1.54) is 11.1 Å². The molecule has 1 aromatic carbocycles. The molecule has 22 heavy (non-hydrogen) atoms. The van der Waals surface area contributed by atoms with Crippen molar-refractivity contribution >= 4 is 6.09 Å². The van der Waals surface area contributed by atoms with E-state index in [2.05, 4.69) is 43.4 Å². The zero-order valence-electron chi connectivity index (χ0n) is 14.6. The molecule has 0 aliphatic carbocycles. The van der Waals surface area contributed by atoms with Crippen LogP contribution < -0.4 is 5.32 Å².